The van der Waals surface area contributed by atoms with Crippen molar-refractivity contribution < 1.29 is 13.4 Å². The summed E-state index contributed by atoms with van der Waals surface area (Å²) in [5, 5.41) is 5.22. The van der Waals surface area contributed by atoms with E-state index in [-0.39, 0.29) is 23.2 Å². The minimum Gasteiger partial charge on any atom is -0.368 e. The van der Waals surface area contributed by atoms with Crippen LogP contribution in [0.15, 0.2) is 12.3 Å². The molecule has 1 aromatic heterocycles. The molecule has 112 valence electrons. The van der Waals surface area contributed by atoms with Crippen molar-refractivity contribution in [2.75, 3.05) is 24.7 Å². The normalized spacial score (nSPS) is 13.6. The Morgan fingerprint density at radius 2 is 2.25 bits per heavy atom. The molecule has 5 nitrogen and oxygen atoms in total. The van der Waals surface area contributed by atoms with E-state index < -0.39 is 22.5 Å². The molecular weight excluding hydrogens is 281 g/mol. The maximum atomic E-state index is 14.1. The molecule has 20 heavy (non-hydrogen) atoms. The lowest BCUT2D eigenvalue weighted by molar-refractivity contribution is 0.0950. The van der Waals surface area contributed by atoms with Crippen molar-refractivity contribution in [3.05, 3.63) is 23.6 Å². The molecule has 0 saturated carbocycles. The number of carbonyl (C=O) groups excluding carboxylic acids is 1. The van der Waals surface area contributed by atoms with Crippen LogP contribution in [-0.4, -0.2) is 39.7 Å². The van der Waals surface area contributed by atoms with Crippen LogP contribution >= 0.6 is 0 Å². The van der Waals surface area contributed by atoms with Gasteiger partial charge in [-0.15, -0.1) is 0 Å². The number of rotatable bonds is 7. The molecule has 1 aromatic rings. The van der Waals surface area contributed by atoms with E-state index in [0.717, 1.165) is 6.42 Å². The first-order chi connectivity index (χ1) is 9.47. The highest BCUT2D eigenvalue weighted by Crippen LogP contribution is 2.15. The van der Waals surface area contributed by atoms with Crippen molar-refractivity contribution in [3.63, 3.8) is 0 Å². The lowest BCUT2D eigenvalue weighted by atomic mass is 10.2. The van der Waals surface area contributed by atoms with Crippen LogP contribution in [0.3, 0.4) is 0 Å². The lowest BCUT2D eigenvalue weighted by Gasteiger charge is -2.12. The highest BCUT2D eigenvalue weighted by molar-refractivity contribution is 7.84. The predicted molar refractivity (Wildman–Crippen MR) is 78.8 cm³/mol. The number of hydrogen-bond donors (Lipinski definition) is 2. The molecule has 0 fully saturated rings. The molecule has 2 unspecified atom stereocenters. The second-order valence-electron chi connectivity index (χ2n) is 4.47. The zero-order valence-corrected chi connectivity index (χ0v) is 12.7. The predicted octanol–water partition coefficient (Wildman–Crippen LogP) is 1.54. The molecule has 0 spiro atoms. The van der Waals surface area contributed by atoms with E-state index >= 15 is 0 Å². The van der Waals surface area contributed by atoms with Gasteiger partial charge in [0.05, 0.1) is 5.56 Å². The lowest BCUT2D eigenvalue weighted by Crippen LogP contribution is -2.33. The van der Waals surface area contributed by atoms with Gasteiger partial charge < -0.3 is 10.6 Å². The molecule has 0 aliphatic heterocycles. The number of nitrogens with zero attached hydrogens (tertiary/aromatic N) is 1. The van der Waals surface area contributed by atoms with Crippen LogP contribution in [0.2, 0.25) is 0 Å². The molecule has 7 heteroatoms. The van der Waals surface area contributed by atoms with E-state index in [1.165, 1.54) is 12.3 Å². The monoisotopic (exact) mass is 301 g/mol. The topological polar surface area (TPSA) is 71.1 Å². The number of halogens is 1. The van der Waals surface area contributed by atoms with E-state index in [4.69, 9.17) is 0 Å². The van der Waals surface area contributed by atoms with E-state index in [1.54, 1.807) is 13.2 Å². The summed E-state index contributed by atoms with van der Waals surface area (Å²) in [7, 11) is -1.03. The van der Waals surface area contributed by atoms with Gasteiger partial charge in [-0.2, -0.15) is 0 Å². The average molecular weight is 301 g/mol. The molecule has 0 aliphatic rings. The van der Waals surface area contributed by atoms with E-state index in [0.29, 0.717) is 6.54 Å². The molecule has 2 atom stereocenters. The van der Waals surface area contributed by atoms with Gasteiger partial charge in [-0.05, 0) is 19.4 Å². The SMILES string of the molecule is CCCNc1nccc(C(=O)NCC(C)S(C)=O)c1F. The van der Waals surface area contributed by atoms with Gasteiger partial charge in [0, 0.05) is 41.6 Å². The summed E-state index contributed by atoms with van der Waals surface area (Å²) in [6, 6.07) is 1.33. The van der Waals surface area contributed by atoms with Gasteiger partial charge in [0.25, 0.3) is 5.91 Å². The second kappa shape index (κ2) is 7.94. The zero-order valence-electron chi connectivity index (χ0n) is 11.9. The number of amides is 1. The van der Waals surface area contributed by atoms with Gasteiger partial charge >= 0.3 is 0 Å². The van der Waals surface area contributed by atoms with Crippen molar-refractivity contribution in [2.45, 2.75) is 25.5 Å². The average Bonchev–Trinajstić information content (AvgIpc) is 2.43. The zero-order chi connectivity index (χ0) is 15.1. The third-order valence-corrected chi connectivity index (χ3v) is 4.09. The Morgan fingerprint density at radius 1 is 1.55 bits per heavy atom. The summed E-state index contributed by atoms with van der Waals surface area (Å²) in [6.45, 7) is 4.53. The van der Waals surface area contributed by atoms with E-state index in [1.807, 2.05) is 6.92 Å². The first-order valence-electron chi connectivity index (χ1n) is 6.46. The van der Waals surface area contributed by atoms with Crippen LogP contribution in [0.5, 0.6) is 0 Å². The van der Waals surface area contributed by atoms with Crippen molar-refractivity contribution in [1.29, 1.82) is 0 Å². The molecule has 1 amide bonds. The quantitative estimate of drug-likeness (QED) is 0.801. The van der Waals surface area contributed by atoms with Crippen molar-refractivity contribution in [2.24, 2.45) is 0 Å². The Kier molecular flexibility index (Phi) is 6.57. The molecule has 0 radical (unpaired) electrons. The minimum atomic E-state index is -1.03. The summed E-state index contributed by atoms with van der Waals surface area (Å²) in [5.41, 5.74) is -0.0623. The first-order valence-corrected chi connectivity index (χ1v) is 8.08. The Balaban J connectivity index is 2.75. The fourth-order valence-corrected chi connectivity index (χ4v) is 1.75. The smallest absolute Gasteiger partial charge is 0.254 e. The van der Waals surface area contributed by atoms with Crippen molar-refractivity contribution >= 4 is 22.5 Å². The van der Waals surface area contributed by atoms with Gasteiger partial charge in [0.2, 0.25) is 0 Å². The van der Waals surface area contributed by atoms with Crippen LogP contribution in [-0.2, 0) is 10.8 Å². The van der Waals surface area contributed by atoms with Crippen LogP contribution in [0, 0.1) is 5.82 Å². The van der Waals surface area contributed by atoms with Gasteiger partial charge in [-0.1, -0.05) is 6.92 Å². The van der Waals surface area contributed by atoms with E-state index in [2.05, 4.69) is 15.6 Å². The highest BCUT2D eigenvalue weighted by Gasteiger charge is 2.17. The van der Waals surface area contributed by atoms with Gasteiger partial charge in [0.1, 0.15) is 0 Å². The number of anilines is 1. The second-order valence-corrected chi connectivity index (χ2v) is 6.27. The molecule has 1 heterocycles. The summed E-state index contributed by atoms with van der Waals surface area (Å²) in [4.78, 5) is 15.8. The molecule has 0 aliphatic carbocycles. The molecule has 0 aromatic carbocycles. The minimum absolute atomic E-state index is 0.0623. The third-order valence-electron chi connectivity index (χ3n) is 2.79. The van der Waals surface area contributed by atoms with Crippen LogP contribution in [0.1, 0.15) is 30.6 Å². The van der Waals surface area contributed by atoms with Crippen LogP contribution < -0.4 is 10.6 Å². The standard InChI is InChI=1S/C13H20FN3O2S/c1-4-6-15-12-11(14)10(5-7-16-12)13(18)17-8-9(2)20(3)19/h5,7,9H,4,6,8H2,1-3H3,(H,15,16)(H,17,18). The largest absolute Gasteiger partial charge is 0.368 e. The summed E-state index contributed by atoms with van der Waals surface area (Å²) < 4.78 is 25.3. The highest BCUT2D eigenvalue weighted by atomic mass is 32.2. The Morgan fingerprint density at radius 3 is 2.85 bits per heavy atom. The summed E-state index contributed by atoms with van der Waals surface area (Å²) in [5.74, 6) is -1.11. The first kappa shape index (κ1) is 16.6. The van der Waals surface area contributed by atoms with Crippen molar-refractivity contribution in [3.8, 4) is 0 Å². The van der Waals surface area contributed by atoms with Crippen LogP contribution in [0.4, 0.5) is 10.2 Å². The maximum absolute atomic E-state index is 14.1. The number of pyridine rings is 1. The molecular formula is C13H20FN3O2S. The number of aromatic nitrogens is 1. The maximum Gasteiger partial charge on any atom is 0.254 e. The number of carbonyl (C=O) groups is 1. The fraction of sp³-hybridized carbons (Fsp3) is 0.538. The van der Waals surface area contributed by atoms with E-state index in [9.17, 15) is 13.4 Å². The number of nitrogens with one attached hydrogen (secondary N) is 2. The summed E-state index contributed by atoms with van der Waals surface area (Å²) in [6.07, 6.45) is 3.78. The van der Waals surface area contributed by atoms with Gasteiger partial charge in [-0.25, -0.2) is 9.37 Å². The Labute approximate surface area is 120 Å². The number of hydrogen-bond acceptors (Lipinski definition) is 4. The third kappa shape index (κ3) is 4.56. The fourth-order valence-electron chi connectivity index (χ4n) is 1.43. The molecule has 2 N–H and O–H groups in total. The Hall–Kier alpha value is -1.50. The van der Waals surface area contributed by atoms with Gasteiger partial charge in [0.15, 0.2) is 11.6 Å². The molecule has 1 rings (SSSR count). The Bertz CT molecular complexity index is 497. The van der Waals surface area contributed by atoms with Gasteiger partial charge in [-0.3, -0.25) is 9.00 Å². The summed E-state index contributed by atoms with van der Waals surface area (Å²) >= 11 is 0. The molecule has 0 bridgehead atoms. The van der Waals surface area contributed by atoms with Crippen molar-refractivity contribution in [1.82, 2.24) is 10.3 Å². The molecule has 0 saturated heterocycles. The van der Waals surface area contributed by atoms with Crippen LogP contribution in [0.25, 0.3) is 0 Å².